The molecule has 7 heteroatoms. The molecular formula is C21H21N3O4. The number of hydrogen-bond acceptors (Lipinski definition) is 4. The minimum absolute atomic E-state index is 0.199. The maximum Gasteiger partial charge on any atom is 0.344 e. The molecular weight excluding hydrogens is 358 g/mol. The van der Waals surface area contributed by atoms with E-state index >= 15 is 0 Å². The number of hydrogen-bond donors (Lipinski definition) is 2. The molecule has 0 radical (unpaired) electrons. The molecule has 28 heavy (non-hydrogen) atoms. The van der Waals surface area contributed by atoms with Gasteiger partial charge in [-0.05, 0) is 30.0 Å². The van der Waals surface area contributed by atoms with Crippen LogP contribution in [0.15, 0.2) is 54.6 Å². The van der Waals surface area contributed by atoms with Crippen LogP contribution in [0.5, 0.6) is 5.75 Å². The van der Waals surface area contributed by atoms with Gasteiger partial charge in [0.05, 0.1) is 5.92 Å². The predicted octanol–water partition coefficient (Wildman–Crippen LogP) is 2.13. The Bertz CT molecular complexity index is 930. The highest BCUT2D eigenvalue weighted by molar-refractivity contribution is 6.08. The summed E-state index contributed by atoms with van der Waals surface area (Å²) in [5.74, 6) is -0.630. The Morgan fingerprint density at radius 3 is 2.64 bits per heavy atom. The fourth-order valence-corrected chi connectivity index (χ4v) is 3.74. The van der Waals surface area contributed by atoms with Gasteiger partial charge in [-0.15, -0.1) is 0 Å². The third kappa shape index (κ3) is 2.89. The van der Waals surface area contributed by atoms with Gasteiger partial charge in [0.2, 0.25) is 5.91 Å². The first-order valence-electron chi connectivity index (χ1n) is 9.28. The molecule has 0 spiro atoms. The molecule has 2 aliphatic rings. The fraction of sp³-hybridized carbons (Fsp3) is 0.286. The summed E-state index contributed by atoms with van der Waals surface area (Å²) in [4.78, 5) is 38.3. The molecule has 0 aliphatic carbocycles. The van der Waals surface area contributed by atoms with Crippen molar-refractivity contribution in [2.24, 2.45) is 5.92 Å². The molecule has 0 aromatic heterocycles. The number of hydrazine groups is 1. The lowest BCUT2D eigenvalue weighted by atomic mass is 9.87. The van der Waals surface area contributed by atoms with E-state index in [1.165, 1.54) is 0 Å². The van der Waals surface area contributed by atoms with Crippen molar-refractivity contribution in [3.63, 3.8) is 0 Å². The quantitative estimate of drug-likeness (QED) is 0.797. The number of imide groups is 1. The van der Waals surface area contributed by atoms with Crippen molar-refractivity contribution in [2.45, 2.75) is 25.3 Å². The van der Waals surface area contributed by atoms with Crippen LogP contribution >= 0.6 is 0 Å². The zero-order valence-corrected chi connectivity index (χ0v) is 15.5. The molecule has 2 atom stereocenters. The Kier molecular flexibility index (Phi) is 4.50. The summed E-state index contributed by atoms with van der Waals surface area (Å²) in [6.45, 7) is 2.02. The van der Waals surface area contributed by atoms with E-state index in [2.05, 4.69) is 10.7 Å². The average molecular weight is 379 g/mol. The van der Waals surface area contributed by atoms with Gasteiger partial charge in [-0.1, -0.05) is 55.5 Å². The smallest absolute Gasteiger partial charge is 0.344 e. The summed E-state index contributed by atoms with van der Waals surface area (Å²) < 4.78 is 5.64. The largest absolute Gasteiger partial charge is 0.492 e. The van der Waals surface area contributed by atoms with Crippen LogP contribution in [-0.4, -0.2) is 29.5 Å². The molecule has 2 unspecified atom stereocenters. The van der Waals surface area contributed by atoms with E-state index in [-0.39, 0.29) is 6.61 Å². The van der Waals surface area contributed by atoms with E-state index in [1.807, 2.05) is 49.4 Å². The number of benzene rings is 2. The maximum absolute atomic E-state index is 13.1. The molecule has 7 nitrogen and oxygen atoms in total. The molecule has 2 aromatic rings. The summed E-state index contributed by atoms with van der Waals surface area (Å²) in [5.41, 5.74) is 2.92. The third-order valence-electron chi connectivity index (χ3n) is 5.36. The van der Waals surface area contributed by atoms with Crippen molar-refractivity contribution in [3.8, 4) is 5.75 Å². The van der Waals surface area contributed by atoms with Gasteiger partial charge in [0, 0.05) is 0 Å². The number of fused-ring (bicyclic) bond motifs is 1. The number of carbonyl (C=O) groups is 3. The summed E-state index contributed by atoms with van der Waals surface area (Å²) in [6.07, 6.45) is 0.858. The van der Waals surface area contributed by atoms with Gasteiger partial charge in [0.25, 0.3) is 5.91 Å². The number of carbonyl (C=O) groups excluding carboxylic acids is 3. The molecule has 4 amide bonds. The zero-order chi connectivity index (χ0) is 19.7. The Morgan fingerprint density at radius 1 is 1.18 bits per heavy atom. The zero-order valence-electron chi connectivity index (χ0n) is 15.5. The minimum Gasteiger partial charge on any atom is -0.492 e. The number of ether oxygens (including phenoxy) is 1. The van der Waals surface area contributed by atoms with Gasteiger partial charge in [-0.2, -0.15) is 5.01 Å². The second-order valence-electron chi connectivity index (χ2n) is 6.99. The van der Waals surface area contributed by atoms with Gasteiger partial charge < -0.3 is 10.1 Å². The predicted molar refractivity (Wildman–Crippen MR) is 101 cm³/mol. The van der Waals surface area contributed by atoms with Crippen molar-refractivity contribution in [3.05, 3.63) is 65.7 Å². The van der Waals surface area contributed by atoms with E-state index in [9.17, 15) is 14.4 Å². The Hall–Kier alpha value is -3.35. The van der Waals surface area contributed by atoms with E-state index in [1.54, 1.807) is 12.1 Å². The van der Waals surface area contributed by atoms with Crippen molar-refractivity contribution in [2.75, 3.05) is 6.61 Å². The summed E-state index contributed by atoms with van der Waals surface area (Å²) in [5, 5.41) is 3.54. The first-order chi connectivity index (χ1) is 13.5. The first-order valence-corrected chi connectivity index (χ1v) is 9.28. The molecule has 2 heterocycles. The highest BCUT2D eigenvalue weighted by Crippen LogP contribution is 2.32. The van der Waals surface area contributed by atoms with Crippen LogP contribution in [0.25, 0.3) is 0 Å². The standard InChI is InChI=1S/C21H21N3O4/c1-2-21(16-9-4-3-5-10-16)19(26)24(20(27)22-21)23-18(25)15-12-14-8-6-7-11-17(14)28-13-15/h3-11,15H,2,12-13H2,1H3,(H,22,27)(H,23,25). The van der Waals surface area contributed by atoms with Crippen LogP contribution in [-0.2, 0) is 21.5 Å². The maximum atomic E-state index is 13.1. The lowest BCUT2D eigenvalue weighted by Crippen LogP contribution is -2.51. The van der Waals surface area contributed by atoms with Crippen LogP contribution in [0, 0.1) is 5.92 Å². The van der Waals surface area contributed by atoms with E-state index in [0.717, 1.165) is 16.3 Å². The number of amides is 4. The average Bonchev–Trinajstić information content (AvgIpc) is 2.99. The number of urea groups is 1. The van der Waals surface area contributed by atoms with Crippen LogP contribution in [0.2, 0.25) is 0 Å². The van der Waals surface area contributed by atoms with Crippen molar-refractivity contribution < 1.29 is 19.1 Å². The summed E-state index contributed by atoms with van der Waals surface area (Å²) in [7, 11) is 0. The number of para-hydroxylation sites is 1. The van der Waals surface area contributed by atoms with Crippen molar-refractivity contribution >= 4 is 17.8 Å². The molecule has 0 bridgehead atoms. The number of rotatable bonds is 4. The fourth-order valence-electron chi connectivity index (χ4n) is 3.74. The Morgan fingerprint density at radius 2 is 1.89 bits per heavy atom. The van der Waals surface area contributed by atoms with Gasteiger partial charge in [-0.25, -0.2) is 4.79 Å². The van der Waals surface area contributed by atoms with E-state index in [0.29, 0.717) is 18.4 Å². The highest BCUT2D eigenvalue weighted by atomic mass is 16.5. The molecule has 2 aliphatic heterocycles. The summed E-state index contributed by atoms with van der Waals surface area (Å²) in [6, 6.07) is 15.9. The van der Waals surface area contributed by atoms with E-state index < -0.39 is 29.3 Å². The monoisotopic (exact) mass is 379 g/mol. The lowest BCUT2D eigenvalue weighted by molar-refractivity contribution is -0.141. The Balaban J connectivity index is 1.52. The molecule has 1 fully saturated rings. The second kappa shape index (κ2) is 6.99. The van der Waals surface area contributed by atoms with Gasteiger partial charge >= 0.3 is 6.03 Å². The number of nitrogens with one attached hydrogen (secondary N) is 2. The van der Waals surface area contributed by atoms with Gasteiger partial charge in [-0.3, -0.25) is 15.0 Å². The SMILES string of the molecule is CCC1(c2ccccc2)NC(=O)N(NC(=O)C2COc3ccccc3C2)C1=O. The van der Waals surface area contributed by atoms with Crippen LogP contribution < -0.4 is 15.5 Å². The molecule has 0 saturated carbocycles. The molecule has 144 valence electrons. The first kappa shape index (κ1) is 18.0. The number of nitrogens with zero attached hydrogens (tertiary/aromatic N) is 1. The third-order valence-corrected chi connectivity index (χ3v) is 5.36. The van der Waals surface area contributed by atoms with Crippen LogP contribution in [0.4, 0.5) is 4.79 Å². The second-order valence-corrected chi connectivity index (χ2v) is 6.99. The van der Waals surface area contributed by atoms with Gasteiger partial charge in [0.15, 0.2) is 0 Å². The normalized spacial score (nSPS) is 23.6. The summed E-state index contributed by atoms with van der Waals surface area (Å²) >= 11 is 0. The topological polar surface area (TPSA) is 87.7 Å². The molecule has 1 saturated heterocycles. The minimum atomic E-state index is -1.18. The van der Waals surface area contributed by atoms with Crippen molar-refractivity contribution in [1.29, 1.82) is 0 Å². The lowest BCUT2D eigenvalue weighted by Gasteiger charge is -2.27. The highest BCUT2D eigenvalue weighted by Gasteiger charge is 2.52. The van der Waals surface area contributed by atoms with Gasteiger partial charge in [0.1, 0.15) is 17.9 Å². The molecule has 2 aromatic carbocycles. The molecule has 2 N–H and O–H groups in total. The van der Waals surface area contributed by atoms with Crippen molar-refractivity contribution in [1.82, 2.24) is 15.8 Å². The molecule has 4 rings (SSSR count). The van der Waals surface area contributed by atoms with Crippen LogP contribution in [0.3, 0.4) is 0 Å². The Labute approximate surface area is 162 Å². The van der Waals surface area contributed by atoms with E-state index in [4.69, 9.17) is 4.74 Å². The van der Waals surface area contributed by atoms with Crippen LogP contribution in [0.1, 0.15) is 24.5 Å².